The first-order valence-electron chi connectivity index (χ1n) is 9.03. The van der Waals surface area contributed by atoms with Crippen LogP contribution in [0.15, 0.2) is 48.8 Å². The third-order valence-electron chi connectivity index (χ3n) is 5.03. The largest absolute Gasteiger partial charge is 0.326 e. The lowest BCUT2D eigenvalue weighted by molar-refractivity contribution is -0.122. The molecule has 0 saturated carbocycles. The highest BCUT2D eigenvalue weighted by atomic mass is 16.2. The molecule has 1 aliphatic heterocycles. The van der Waals surface area contributed by atoms with E-state index in [1.807, 2.05) is 44.2 Å². The van der Waals surface area contributed by atoms with Crippen molar-refractivity contribution in [2.45, 2.75) is 20.3 Å². The Morgan fingerprint density at radius 3 is 2.71 bits per heavy atom. The summed E-state index contributed by atoms with van der Waals surface area (Å²) in [5.74, 6) is -0.606. The van der Waals surface area contributed by atoms with Gasteiger partial charge in [0.1, 0.15) is 6.33 Å². The van der Waals surface area contributed by atoms with Gasteiger partial charge in [0.05, 0.1) is 11.6 Å². The minimum absolute atomic E-state index is 0.0363. The monoisotopic (exact) mass is 376 g/mol. The Kier molecular flexibility index (Phi) is 4.60. The maximum Gasteiger partial charge on any atom is 0.229 e. The lowest BCUT2D eigenvalue weighted by Gasteiger charge is -2.18. The van der Waals surface area contributed by atoms with Crippen molar-refractivity contribution in [1.82, 2.24) is 20.2 Å². The van der Waals surface area contributed by atoms with E-state index >= 15 is 0 Å². The summed E-state index contributed by atoms with van der Waals surface area (Å²) in [7, 11) is 0. The molecule has 8 heteroatoms. The van der Waals surface area contributed by atoms with Gasteiger partial charge in [0.15, 0.2) is 0 Å². The molecular formula is C20H20N6O2. The molecule has 4 rings (SSSR count). The van der Waals surface area contributed by atoms with Gasteiger partial charge in [-0.3, -0.25) is 9.59 Å². The minimum atomic E-state index is -0.397. The molecule has 2 heterocycles. The molecule has 3 aromatic rings. The van der Waals surface area contributed by atoms with Crippen molar-refractivity contribution in [3.8, 4) is 5.69 Å². The average molecular weight is 376 g/mol. The van der Waals surface area contributed by atoms with E-state index in [1.165, 1.54) is 16.6 Å². The number of tetrazole rings is 1. The smallest absolute Gasteiger partial charge is 0.229 e. The van der Waals surface area contributed by atoms with E-state index in [9.17, 15) is 9.59 Å². The van der Waals surface area contributed by atoms with E-state index in [1.54, 1.807) is 17.0 Å². The molecule has 1 atom stereocenters. The van der Waals surface area contributed by atoms with Gasteiger partial charge in [0, 0.05) is 24.3 Å². The van der Waals surface area contributed by atoms with Crippen molar-refractivity contribution in [2.24, 2.45) is 5.92 Å². The molecule has 28 heavy (non-hydrogen) atoms. The van der Waals surface area contributed by atoms with Crippen LogP contribution in [0.3, 0.4) is 0 Å². The Hall–Kier alpha value is -3.55. The lowest BCUT2D eigenvalue weighted by atomic mass is 10.1. The number of nitrogens with one attached hydrogen (secondary N) is 1. The van der Waals surface area contributed by atoms with Gasteiger partial charge in [0.2, 0.25) is 11.8 Å². The molecule has 1 saturated heterocycles. The third kappa shape index (κ3) is 3.48. The number of rotatable bonds is 4. The Morgan fingerprint density at radius 2 is 1.96 bits per heavy atom. The summed E-state index contributed by atoms with van der Waals surface area (Å²) >= 11 is 0. The number of carbonyl (C=O) groups excluding carboxylic acids is 2. The molecule has 0 radical (unpaired) electrons. The molecule has 2 aromatic carbocycles. The molecule has 142 valence electrons. The molecule has 1 aromatic heterocycles. The lowest BCUT2D eigenvalue weighted by Crippen LogP contribution is -2.28. The number of aryl methyl sites for hydroxylation is 2. The summed E-state index contributed by atoms with van der Waals surface area (Å²) in [5.41, 5.74) is 4.51. The van der Waals surface area contributed by atoms with E-state index in [-0.39, 0.29) is 18.2 Å². The first-order chi connectivity index (χ1) is 13.5. The summed E-state index contributed by atoms with van der Waals surface area (Å²) in [6.45, 7) is 4.42. The van der Waals surface area contributed by atoms with Crippen molar-refractivity contribution in [3.05, 3.63) is 59.9 Å². The normalized spacial score (nSPS) is 16.4. The zero-order valence-electron chi connectivity index (χ0n) is 15.7. The molecule has 1 fully saturated rings. The number of carbonyl (C=O) groups is 2. The van der Waals surface area contributed by atoms with E-state index in [0.717, 1.165) is 16.9 Å². The highest BCUT2D eigenvalue weighted by Gasteiger charge is 2.35. The zero-order valence-corrected chi connectivity index (χ0v) is 15.7. The van der Waals surface area contributed by atoms with Crippen LogP contribution < -0.4 is 10.2 Å². The number of anilines is 2. The SMILES string of the molecule is Cc1ccc(N2CC(C(=O)Nc3cccc(-n4cnnn4)c3)CC2=O)cc1C. The van der Waals surface area contributed by atoms with E-state index in [2.05, 4.69) is 20.8 Å². The van der Waals surface area contributed by atoms with Crippen molar-refractivity contribution < 1.29 is 9.59 Å². The number of nitrogens with zero attached hydrogens (tertiary/aromatic N) is 5. The fraction of sp³-hybridized carbons (Fsp3) is 0.250. The minimum Gasteiger partial charge on any atom is -0.326 e. The van der Waals surface area contributed by atoms with E-state index in [4.69, 9.17) is 0 Å². The molecule has 0 spiro atoms. The molecule has 8 nitrogen and oxygen atoms in total. The fourth-order valence-corrected chi connectivity index (χ4v) is 3.28. The number of benzene rings is 2. The number of aromatic nitrogens is 4. The van der Waals surface area contributed by atoms with Gasteiger partial charge < -0.3 is 10.2 Å². The predicted molar refractivity (Wildman–Crippen MR) is 104 cm³/mol. The quantitative estimate of drug-likeness (QED) is 0.754. The average Bonchev–Trinajstić information content (AvgIpc) is 3.34. The Labute approximate surface area is 162 Å². The molecule has 1 aliphatic rings. The summed E-state index contributed by atoms with van der Waals surface area (Å²) in [6, 6.07) is 13.1. The topological polar surface area (TPSA) is 93.0 Å². The van der Waals surface area contributed by atoms with Crippen LogP contribution in [0, 0.1) is 19.8 Å². The highest BCUT2D eigenvalue weighted by molar-refractivity contribution is 6.03. The van der Waals surface area contributed by atoms with Crippen LogP contribution in [0.4, 0.5) is 11.4 Å². The Morgan fingerprint density at radius 1 is 1.11 bits per heavy atom. The summed E-state index contributed by atoms with van der Waals surface area (Å²) < 4.78 is 1.51. The standard InChI is InChI=1S/C20H20N6O2/c1-13-6-7-17(8-14(13)2)25-11-15(9-19(25)27)20(28)22-16-4-3-5-18(10-16)26-12-21-23-24-26/h3-8,10,12,15H,9,11H2,1-2H3,(H,22,28). The molecule has 1 unspecified atom stereocenters. The van der Waals surface area contributed by atoms with Gasteiger partial charge in [0.25, 0.3) is 0 Å². The van der Waals surface area contributed by atoms with Crippen molar-refractivity contribution in [2.75, 3.05) is 16.8 Å². The van der Waals surface area contributed by atoms with E-state index in [0.29, 0.717) is 12.2 Å². The zero-order chi connectivity index (χ0) is 19.7. The Balaban J connectivity index is 1.47. The van der Waals surface area contributed by atoms with Crippen LogP contribution in [0.1, 0.15) is 17.5 Å². The van der Waals surface area contributed by atoms with Crippen LogP contribution in [0.25, 0.3) is 5.69 Å². The maximum atomic E-state index is 12.7. The summed E-state index contributed by atoms with van der Waals surface area (Å²) in [5, 5.41) is 14.0. The van der Waals surface area contributed by atoms with Gasteiger partial charge in [-0.2, -0.15) is 0 Å². The number of hydrogen-bond acceptors (Lipinski definition) is 5. The molecule has 2 amide bonds. The fourth-order valence-electron chi connectivity index (χ4n) is 3.28. The van der Waals surface area contributed by atoms with Crippen LogP contribution >= 0.6 is 0 Å². The molecule has 0 aliphatic carbocycles. The summed E-state index contributed by atoms with van der Waals surface area (Å²) in [6.07, 6.45) is 1.68. The third-order valence-corrected chi connectivity index (χ3v) is 5.03. The van der Waals surface area contributed by atoms with Gasteiger partial charge in [-0.1, -0.05) is 12.1 Å². The second-order valence-corrected chi connectivity index (χ2v) is 6.97. The first kappa shape index (κ1) is 17.8. The second kappa shape index (κ2) is 7.22. The second-order valence-electron chi connectivity index (χ2n) is 6.97. The van der Waals surface area contributed by atoms with Crippen LogP contribution in [0.5, 0.6) is 0 Å². The van der Waals surface area contributed by atoms with Gasteiger partial charge in [-0.25, -0.2) is 4.68 Å². The molecule has 1 N–H and O–H groups in total. The number of hydrogen-bond donors (Lipinski definition) is 1. The molecular weight excluding hydrogens is 356 g/mol. The molecule has 0 bridgehead atoms. The van der Waals surface area contributed by atoms with Crippen molar-refractivity contribution in [1.29, 1.82) is 0 Å². The van der Waals surface area contributed by atoms with Crippen LogP contribution in [-0.4, -0.2) is 38.6 Å². The highest BCUT2D eigenvalue weighted by Crippen LogP contribution is 2.27. The van der Waals surface area contributed by atoms with Crippen LogP contribution in [0.2, 0.25) is 0 Å². The Bertz CT molecular complexity index is 1030. The van der Waals surface area contributed by atoms with Gasteiger partial charge >= 0.3 is 0 Å². The summed E-state index contributed by atoms with van der Waals surface area (Å²) in [4.78, 5) is 26.9. The first-order valence-corrected chi connectivity index (χ1v) is 9.03. The van der Waals surface area contributed by atoms with Crippen molar-refractivity contribution in [3.63, 3.8) is 0 Å². The van der Waals surface area contributed by atoms with E-state index < -0.39 is 5.92 Å². The van der Waals surface area contributed by atoms with Crippen molar-refractivity contribution >= 4 is 23.2 Å². The maximum absolute atomic E-state index is 12.7. The van der Waals surface area contributed by atoms with Gasteiger partial charge in [-0.15, -0.1) is 5.10 Å². The van der Waals surface area contributed by atoms with Crippen LogP contribution in [-0.2, 0) is 9.59 Å². The number of amides is 2. The predicted octanol–water partition coefficient (Wildman–Crippen LogP) is 2.27. The van der Waals surface area contributed by atoms with Gasteiger partial charge in [-0.05, 0) is 65.7 Å².